The Morgan fingerprint density at radius 3 is 2.76 bits per heavy atom. The average Bonchev–Trinajstić information content (AvgIpc) is 2.88. The van der Waals surface area contributed by atoms with Crippen molar-refractivity contribution in [1.29, 1.82) is 0 Å². The van der Waals surface area contributed by atoms with Crippen LogP contribution < -0.4 is 4.72 Å². The molecule has 0 bridgehead atoms. The molecule has 0 unspecified atom stereocenters. The zero-order valence-electron chi connectivity index (χ0n) is 10.8. The molecule has 2 N–H and O–H groups in total. The van der Waals surface area contributed by atoms with Crippen LogP contribution in [0.3, 0.4) is 0 Å². The Labute approximate surface area is 125 Å². The number of aromatic nitrogens is 2. The van der Waals surface area contributed by atoms with Crippen molar-refractivity contribution in [3.05, 3.63) is 50.8 Å². The third-order valence-electron chi connectivity index (χ3n) is 2.74. The van der Waals surface area contributed by atoms with E-state index in [9.17, 15) is 18.5 Å². The Morgan fingerprint density at radius 1 is 1.48 bits per heavy atom. The van der Waals surface area contributed by atoms with E-state index in [0.29, 0.717) is 11.3 Å². The van der Waals surface area contributed by atoms with Crippen molar-refractivity contribution in [3.63, 3.8) is 0 Å². The Bertz CT molecular complexity index is 774. The van der Waals surface area contributed by atoms with E-state index in [4.69, 9.17) is 11.6 Å². The number of benzene rings is 1. The summed E-state index contributed by atoms with van der Waals surface area (Å²) in [4.78, 5) is 9.94. The predicted octanol–water partition coefficient (Wildman–Crippen LogP) is 1.76. The maximum Gasteiger partial charge on any atom is 0.289 e. The van der Waals surface area contributed by atoms with Crippen LogP contribution in [0.4, 0.5) is 5.69 Å². The van der Waals surface area contributed by atoms with Crippen molar-refractivity contribution < 1.29 is 13.3 Å². The van der Waals surface area contributed by atoms with E-state index in [1.165, 1.54) is 19.2 Å². The first-order valence-electron chi connectivity index (χ1n) is 5.73. The van der Waals surface area contributed by atoms with Gasteiger partial charge in [-0.25, -0.2) is 13.1 Å². The van der Waals surface area contributed by atoms with Crippen molar-refractivity contribution in [2.45, 2.75) is 18.4 Å². The minimum Gasteiger partial charge on any atom is -0.281 e. The molecule has 0 aliphatic rings. The van der Waals surface area contributed by atoms with E-state index in [-0.39, 0.29) is 16.5 Å². The van der Waals surface area contributed by atoms with Crippen LogP contribution in [-0.2, 0) is 16.6 Å². The van der Waals surface area contributed by atoms with Crippen LogP contribution in [0.5, 0.6) is 0 Å². The lowest BCUT2D eigenvalue weighted by atomic mass is 10.2. The van der Waals surface area contributed by atoms with Crippen LogP contribution in [0.25, 0.3) is 0 Å². The Kier molecular flexibility index (Phi) is 4.26. The number of hydrogen-bond donors (Lipinski definition) is 2. The fourth-order valence-corrected chi connectivity index (χ4v) is 3.24. The SMILES string of the molecule is Cc1cc(Cl)c([N+](=O)[O-])cc1S(=O)(=O)NCc1ccn[nH]1. The summed E-state index contributed by atoms with van der Waals surface area (Å²) in [5.41, 5.74) is 0.437. The first-order valence-corrected chi connectivity index (χ1v) is 7.60. The topological polar surface area (TPSA) is 118 Å². The molecular weight excluding hydrogens is 320 g/mol. The summed E-state index contributed by atoms with van der Waals surface area (Å²) in [6.07, 6.45) is 1.49. The second-order valence-corrected chi connectivity index (χ2v) is 6.38. The quantitative estimate of drug-likeness (QED) is 0.639. The standard InChI is InChI=1S/C11H11ClN4O4S/c1-7-4-9(12)10(16(17)18)5-11(7)21(19,20)14-6-8-2-3-13-15-8/h2-5,14H,6H2,1H3,(H,13,15). The highest BCUT2D eigenvalue weighted by Crippen LogP contribution is 2.30. The van der Waals surface area contributed by atoms with E-state index in [2.05, 4.69) is 14.9 Å². The molecule has 8 nitrogen and oxygen atoms in total. The van der Waals surface area contributed by atoms with E-state index < -0.39 is 20.6 Å². The number of hydrogen-bond acceptors (Lipinski definition) is 5. The minimum atomic E-state index is -3.90. The fraction of sp³-hybridized carbons (Fsp3) is 0.182. The van der Waals surface area contributed by atoms with Gasteiger partial charge in [0.25, 0.3) is 5.69 Å². The maximum absolute atomic E-state index is 12.2. The van der Waals surface area contributed by atoms with E-state index in [0.717, 1.165) is 6.07 Å². The van der Waals surface area contributed by atoms with Crippen molar-refractivity contribution in [3.8, 4) is 0 Å². The molecule has 0 amide bonds. The van der Waals surface area contributed by atoms with Crippen LogP contribution >= 0.6 is 11.6 Å². The maximum atomic E-state index is 12.2. The van der Waals surface area contributed by atoms with Crippen molar-refractivity contribution in [2.75, 3.05) is 0 Å². The van der Waals surface area contributed by atoms with Gasteiger partial charge < -0.3 is 0 Å². The van der Waals surface area contributed by atoms with Gasteiger partial charge in [-0.2, -0.15) is 5.10 Å². The molecule has 0 saturated heterocycles. The number of aromatic amines is 1. The summed E-state index contributed by atoms with van der Waals surface area (Å²) in [5.74, 6) is 0. The molecule has 0 aliphatic heterocycles. The highest BCUT2D eigenvalue weighted by Gasteiger charge is 2.23. The van der Waals surface area contributed by atoms with E-state index in [1.807, 2.05) is 0 Å². The smallest absolute Gasteiger partial charge is 0.281 e. The molecule has 1 aromatic carbocycles. The van der Waals surface area contributed by atoms with Crippen LogP contribution in [0, 0.1) is 17.0 Å². The van der Waals surface area contributed by atoms with Crippen molar-refractivity contribution in [2.24, 2.45) is 0 Å². The molecule has 2 aromatic rings. The third kappa shape index (κ3) is 3.38. The molecule has 1 heterocycles. The van der Waals surface area contributed by atoms with Crippen molar-refractivity contribution >= 4 is 27.3 Å². The number of nitrogens with zero attached hydrogens (tertiary/aromatic N) is 2. The second-order valence-electron chi connectivity index (χ2n) is 4.23. The van der Waals surface area contributed by atoms with Crippen LogP contribution in [-0.4, -0.2) is 23.5 Å². The van der Waals surface area contributed by atoms with Gasteiger partial charge in [0.2, 0.25) is 10.0 Å². The summed E-state index contributed by atoms with van der Waals surface area (Å²) >= 11 is 5.73. The van der Waals surface area contributed by atoms with Gasteiger partial charge in [0, 0.05) is 12.3 Å². The first-order chi connectivity index (χ1) is 9.81. The molecular formula is C11H11ClN4O4S. The number of aryl methyl sites for hydroxylation is 1. The fourth-order valence-electron chi connectivity index (χ4n) is 1.71. The number of rotatable bonds is 5. The van der Waals surface area contributed by atoms with E-state index in [1.54, 1.807) is 6.07 Å². The van der Waals surface area contributed by atoms with E-state index >= 15 is 0 Å². The lowest BCUT2D eigenvalue weighted by Crippen LogP contribution is -2.24. The van der Waals surface area contributed by atoms with Crippen LogP contribution in [0.2, 0.25) is 5.02 Å². The molecule has 112 valence electrons. The monoisotopic (exact) mass is 330 g/mol. The Balaban J connectivity index is 2.35. The van der Waals surface area contributed by atoms with Gasteiger partial charge in [0.05, 0.1) is 22.1 Å². The highest BCUT2D eigenvalue weighted by molar-refractivity contribution is 7.89. The van der Waals surface area contributed by atoms with Gasteiger partial charge in [0.15, 0.2) is 0 Å². The van der Waals surface area contributed by atoms with Gasteiger partial charge in [0.1, 0.15) is 5.02 Å². The summed E-state index contributed by atoms with van der Waals surface area (Å²) in [6.45, 7) is 1.51. The first kappa shape index (κ1) is 15.4. The molecule has 0 saturated carbocycles. The second kappa shape index (κ2) is 5.80. The Morgan fingerprint density at radius 2 is 2.19 bits per heavy atom. The van der Waals surface area contributed by atoms with Crippen LogP contribution in [0.15, 0.2) is 29.3 Å². The van der Waals surface area contributed by atoms with Gasteiger partial charge in [-0.15, -0.1) is 0 Å². The number of halogens is 1. The normalized spacial score (nSPS) is 11.5. The molecule has 1 aromatic heterocycles. The highest BCUT2D eigenvalue weighted by atomic mass is 35.5. The number of sulfonamides is 1. The van der Waals surface area contributed by atoms with Crippen molar-refractivity contribution in [1.82, 2.24) is 14.9 Å². The molecule has 0 atom stereocenters. The lowest BCUT2D eigenvalue weighted by Gasteiger charge is -2.09. The summed E-state index contributed by atoms with van der Waals surface area (Å²) in [5, 5.41) is 17.0. The van der Waals surface area contributed by atoms with Gasteiger partial charge in [-0.05, 0) is 24.6 Å². The predicted molar refractivity (Wildman–Crippen MR) is 75.5 cm³/mol. The summed E-state index contributed by atoms with van der Waals surface area (Å²) < 4.78 is 26.8. The largest absolute Gasteiger partial charge is 0.289 e. The van der Waals surface area contributed by atoms with Gasteiger partial charge in [-0.3, -0.25) is 15.2 Å². The molecule has 0 fully saturated rings. The molecule has 0 radical (unpaired) electrons. The van der Waals surface area contributed by atoms with Gasteiger partial charge >= 0.3 is 0 Å². The number of nitrogens with one attached hydrogen (secondary N) is 2. The summed E-state index contributed by atoms with van der Waals surface area (Å²) in [7, 11) is -3.90. The number of nitro benzene ring substituents is 1. The number of H-pyrrole nitrogens is 1. The lowest BCUT2D eigenvalue weighted by molar-refractivity contribution is -0.384. The molecule has 2 rings (SSSR count). The molecule has 10 heteroatoms. The molecule has 0 spiro atoms. The zero-order valence-corrected chi connectivity index (χ0v) is 12.4. The Hall–Kier alpha value is -1.97. The van der Waals surface area contributed by atoms with Gasteiger partial charge in [-0.1, -0.05) is 11.6 Å². The summed E-state index contributed by atoms with van der Waals surface area (Å²) in [6, 6.07) is 3.82. The average molecular weight is 331 g/mol. The minimum absolute atomic E-state index is 0.00179. The zero-order chi connectivity index (χ0) is 15.6. The molecule has 21 heavy (non-hydrogen) atoms. The molecule has 0 aliphatic carbocycles. The number of nitro groups is 1. The third-order valence-corrected chi connectivity index (χ3v) is 4.59. The van der Waals surface area contributed by atoms with Crippen LogP contribution in [0.1, 0.15) is 11.3 Å².